The smallest absolute Gasteiger partial charge is 0.249 e. The number of carbonyl (C=O) groups is 2. The minimum atomic E-state index is -0.470. The average molecular weight is 358 g/mol. The van der Waals surface area contributed by atoms with Crippen LogP contribution in [0.4, 0.5) is 11.4 Å². The van der Waals surface area contributed by atoms with Crippen LogP contribution in [0.5, 0.6) is 0 Å². The summed E-state index contributed by atoms with van der Waals surface area (Å²) in [6.45, 7) is 3.73. The van der Waals surface area contributed by atoms with E-state index >= 15 is 0 Å². The fourth-order valence-electron chi connectivity index (χ4n) is 2.61. The van der Waals surface area contributed by atoms with Gasteiger partial charge in [-0.3, -0.25) is 9.59 Å². The van der Waals surface area contributed by atoms with Crippen LogP contribution < -0.4 is 16.0 Å². The van der Waals surface area contributed by atoms with E-state index in [2.05, 4.69) is 26.0 Å². The number of aromatic nitrogens is 3. The summed E-state index contributed by atoms with van der Waals surface area (Å²) in [7, 11) is 0. The third kappa shape index (κ3) is 4.87. The molecular weight excluding hydrogens is 336 g/mol. The van der Waals surface area contributed by atoms with E-state index < -0.39 is 6.04 Å². The predicted molar refractivity (Wildman–Crippen MR) is 95.7 cm³/mol. The van der Waals surface area contributed by atoms with Gasteiger partial charge in [0.15, 0.2) is 0 Å². The van der Waals surface area contributed by atoms with Crippen molar-refractivity contribution in [3.63, 3.8) is 0 Å². The minimum Gasteiger partial charge on any atom is -0.378 e. The standard InChI is InChI=1S/C17H22N6O3/c1-12(23-11-18-10-20-23)17(25)22-14-4-2-13(3-5-14)21-16(24)8-15-9-26-7-6-19-15/h2-5,10-12,15,19H,6-9H2,1H3,(H,21,24)(H,22,25). The molecule has 0 spiro atoms. The van der Waals surface area contributed by atoms with Crippen LogP contribution in [-0.4, -0.2) is 52.4 Å². The Kier molecular flexibility index (Phi) is 5.92. The normalized spacial score (nSPS) is 18.1. The molecule has 9 nitrogen and oxygen atoms in total. The van der Waals surface area contributed by atoms with E-state index in [-0.39, 0.29) is 17.9 Å². The predicted octanol–water partition coefficient (Wildman–Crippen LogP) is 0.795. The molecule has 2 amide bonds. The maximum Gasteiger partial charge on any atom is 0.249 e. The third-order valence-electron chi connectivity index (χ3n) is 4.08. The van der Waals surface area contributed by atoms with E-state index in [1.807, 2.05) is 0 Å². The van der Waals surface area contributed by atoms with Gasteiger partial charge >= 0.3 is 0 Å². The van der Waals surface area contributed by atoms with Crippen molar-refractivity contribution in [2.45, 2.75) is 25.4 Å². The number of carbonyl (C=O) groups excluding carboxylic acids is 2. The molecule has 3 rings (SSSR count). The second-order valence-electron chi connectivity index (χ2n) is 6.10. The number of nitrogens with zero attached hydrogens (tertiary/aromatic N) is 3. The van der Waals surface area contributed by atoms with Crippen molar-refractivity contribution in [1.82, 2.24) is 20.1 Å². The summed E-state index contributed by atoms with van der Waals surface area (Å²) in [6, 6.07) is 6.55. The lowest BCUT2D eigenvalue weighted by molar-refractivity contribution is -0.119. The van der Waals surface area contributed by atoms with E-state index in [1.54, 1.807) is 31.2 Å². The summed E-state index contributed by atoms with van der Waals surface area (Å²) in [5.41, 5.74) is 1.32. The van der Waals surface area contributed by atoms with Gasteiger partial charge in [-0.05, 0) is 31.2 Å². The van der Waals surface area contributed by atoms with Gasteiger partial charge in [-0.25, -0.2) is 9.67 Å². The Hall–Kier alpha value is -2.78. The van der Waals surface area contributed by atoms with Crippen molar-refractivity contribution in [2.75, 3.05) is 30.4 Å². The average Bonchev–Trinajstić information content (AvgIpc) is 3.18. The first-order valence-electron chi connectivity index (χ1n) is 8.48. The van der Waals surface area contributed by atoms with E-state index in [4.69, 9.17) is 4.74 Å². The van der Waals surface area contributed by atoms with Crippen LogP contribution >= 0.6 is 0 Å². The highest BCUT2D eigenvalue weighted by Crippen LogP contribution is 2.16. The summed E-state index contributed by atoms with van der Waals surface area (Å²) in [5, 5.41) is 12.9. The number of ether oxygens (including phenoxy) is 1. The van der Waals surface area contributed by atoms with Gasteiger partial charge in [-0.15, -0.1) is 0 Å². The van der Waals surface area contributed by atoms with Gasteiger partial charge in [-0.1, -0.05) is 0 Å². The van der Waals surface area contributed by atoms with E-state index in [9.17, 15) is 9.59 Å². The fourth-order valence-corrected chi connectivity index (χ4v) is 2.61. The molecule has 2 aromatic rings. The Balaban J connectivity index is 1.49. The number of hydrogen-bond acceptors (Lipinski definition) is 6. The summed E-state index contributed by atoms with van der Waals surface area (Å²) >= 11 is 0. The van der Waals surface area contributed by atoms with Gasteiger partial charge in [0.1, 0.15) is 18.7 Å². The number of benzene rings is 1. The molecule has 2 atom stereocenters. The molecule has 0 aliphatic carbocycles. The molecule has 1 aromatic heterocycles. The first-order valence-corrected chi connectivity index (χ1v) is 8.48. The lowest BCUT2D eigenvalue weighted by Crippen LogP contribution is -2.43. The number of rotatable bonds is 6. The monoisotopic (exact) mass is 358 g/mol. The fraction of sp³-hybridized carbons (Fsp3) is 0.412. The molecule has 9 heteroatoms. The first-order chi connectivity index (χ1) is 12.6. The zero-order valence-electron chi connectivity index (χ0n) is 14.5. The minimum absolute atomic E-state index is 0.0422. The van der Waals surface area contributed by atoms with Gasteiger partial charge in [0.25, 0.3) is 0 Å². The van der Waals surface area contributed by atoms with Crippen LogP contribution in [0, 0.1) is 0 Å². The molecule has 0 saturated carbocycles. The van der Waals surface area contributed by atoms with Gasteiger partial charge < -0.3 is 20.7 Å². The molecule has 26 heavy (non-hydrogen) atoms. The Morgan fingerprint density at radius 1 is 1.31 bits per heavy atom. The molecular formula is C17H22N6O3. The largest absolute Gasteiger partial charge is 0.378 e. The Labute approximate surface area is 151 Å². The molecule has 0 bridgehead atoms. The number of nitrogens with one attached hydrogen (secondary N) is 3. The molecule has 1 saturated heterocycles. The van der Waals surface area contributed by atoms with Crippen LogP contribution in [0.25, 0.3) is 0 Å². The zero-order chi connectivity index (χ0) is 18.4. The maximum atomic E-state index is 12.2. The molecule has 0 radical (unpaired) electrons. The molecule has 1 aromatic carbocycles. The maximum absolute atomic E-state index is 12.2. The summed E-state index contributed by atoms with van der Waals surface area (Å²) in [5.74, 6) is -0.278. The number of amides is 2. The second kappa shape index (κ2) is 8.54. The SMILES string of the molecule is CC(C(=O)Nc1ccc(NC(=O)CC2COCCN2)cc1)n1cncn1. The quantitative estimate of drug-likeness (QED) is 0.704. The van der Waals surface area contributed by atoms with Gasteiger partial charge in [0.2, 0.25) is 11.8 Å². The molecule has 1 aliphatic heterocycles. The molecule has 1 fully saturated rings. The molecule has 2 unspecified atom stereocenters. The number of morpholine rings is 1. The molecule has 2 heterocycles. The van der Waals surface area contributed by atoms with Crippen LogP contribution in [-0.2, 0) is 14.3 Å². The molecule has 1 aliphatic rings. The van der Waals surface area contributed by atoms with Crippen LogP contribution in [0.3, 0.4) is 0 Å². The summed E-state index contributed by atoms with van der Waals surface area (Å²) < 4.78 is 6.82. The van der Waals surface area contributed by atoms with Gasteiger partial charge in [0.05, 0.1) is 13.2 Å². The van der Waals surface area contributed by atoms with Crippen molar-refractivity contribution in [2.24, 2.45) is 0 Å². The Morgan fingerprint density at radius 2 is 2.04 bits per heavy atom. The van der Waals surface area contributed by atoms with Crippen molar-refractivity contribution >= 4 is 23.2 Å². The van der Waals surface area contributed by atoms with Crippen molar-refractivity contribution in [3.8, 4) is 0 Å². The lowest BCUT2D eigenvalue weighted by atomic mass is 10.2. The highest BCUT2D eigenvalue weighted by Gasteiger charge is 2.17. The highest BCUT2D eigenvalue weighted by molar-refractivity contribution is 5.94. The third-order valence-corrected chi connectivity index (χ3v) is 4.08. The van der Waals surface area contributed by atoms with E-state index in [0.29, 0.717) is 31.0 Å². The van der Waals surface area contributed by atoms with Crippen molar-refractivity contribution in [1.29, 1.82) is 0 Å². The van der Waals surface area contributed by atoms with E-state index in [0.717, 1.165) is 6.54 Å². The van der Waals surface area contributed by atoms with Crippen molar-refractivity contribution < 1.29 is 14.3 Å². The highest BCUT2D eigenvalue weighted by atomic mass is 16.5. The van der Waals surface area contributed by atoms with E-state index in [1.165, 1.54) is 17.3 Å². The van der Waals surface area contributed by atoms with Crippen molar-refractivity contribution in [3.05, 3.63) is 36.9 Å². The number of hydrogen-bond donors (Lipinski definition) is 3. The first kappa shape index (κ1) is 18.0. The van der Waals surface area contributed by atoms with Crippen LogP contribution in [0.1, 0.15) is 19.4 Å². The topological polar surface area (TPSA) is 110 Å². The van der Waals surface area contributed by atoms with Crippen LogP contribution in [0.15, 0.2) is 36.9 Å². The van der Waals surface area contributed by atoms with Crippen LogP contribution in [0.2, 0.25) is 0 Å². The summed E-state index contributed by atoms with van der Waals surface area (Å²) in [6.07, 6.45) is 3.24. The molecule has 138 valence electrons. The summed E-state index contributed by atoms with van der Waals surface area (Å²) in [4.78, 5) is 28.1. The second-order valence-corrected chi connectivity index (χ2v) is 6.10. The molecule has 3 N–H and O–H groups in total. The lowest BCUT2D eigenvalue weighted by Gasteiger charge is -2.23. The zero-order valence-corrected chi connectivity index (χ0v) is 14.5. The van der Waals surface area contributed by atoms with Gasteiger partial charge in [-0.2, -0.15) is 5.10 Å². The Morgan fingerprint density at radius 3 is 2.65 bits per heavy atom. The number of anilines is 2. The van der Waals surface area contributed by atoms with Gasteiger partial charge in [0, 0.05) is 30.4 Å². The Bertz CT molecular complexity index is 725.